The summed E-state index contributed by atoms with van der Waals surface area (Å²) < 4.78 is 0. The summed E-state index contributed by atoms with van der Waals surface area (Å²) in [7, 11) is 0. The van der Waals surface area contributed by atoms with Crippen molar-refractivity contribution in [1.29, 1.82) is 0 Å². The number of aliphatic hydroxyl groups excluding tert-OH is 1. The Morgan fingerprint density at radius 2 is 1.87 bits per heavy atom. The predicted octanol–water partition coefficient (Wildman–Crippen LogP) is 2.53. The highest BCUT2D eigenvalue weighted by Crippen LogP contribution is 2.25. The monoisotopic (exact) mass is 201 g/mol. The van der Waals surface area contributed by atoms with Gasteiger partial charge < -0.3 is 10.1 Å². The average Bonchev–Trinajstić information content (AvgIpc) is 2.80. The van der Waals surface area contributed by atoms with E-state index in [-0.39, 0.29) is 12.5 Å². The van der Waals surface area contributed by atoms with Gasteiger partial charge in [-0.05, 0) is 24.1 Å². The molecular weight excluding hydrogens is 186 g/mol. The van der Waals surface area contributed by atoms with Gasteiger partial charge in [0, 0.05) is 24.4 Å². The molecule has 1 heterocycles. The molecular formula is C13H15NO. The maximum atomic E-state index is 9.08. The number of rotatable bonds is 4. The molecule has 0 saturated heterocycles. The molecule has 1 unspecified atom stereocenters. The number of benzene rings is 1. The number of hydrogen-bond acceptors (Lipinski definition) is 1. The molecule has 0 spiro atoms. The largest absolute Gasteiger partial charge is 0.396 e. The molecule has 0 bridgehead atoms. The number of aromatic nitrogens is 1. The molecule has 2 N–H and O–H groups in total. The van der Waals surface area contributed by atoms with Gasteiger partial charge in [0.1, 0.15) is 0 Å². The van der Waals surface area contributed by atoms with E-state index in [0.29, 0.717) is 0 Å². The third kappa shape index (κ3) is 2.28. The van der Waals surface area contributed by atoms with Crippen LogP contribution in [0.1, 0.15) is 23.6 Å². The summed E-state index contributed by atoms with van der Waals surface area (Å²) >= 11 is 0. The highest BCUT2D eigenvalue weighted by molar-refractivity contribution is 5.28. The van der Waals surface area contributed by atoms with Gasteiger partial charge in [-0.2, -0.15) is 0 Å². The molecule has 0 amide bonds. The van der Waals surface area contributed by atoms with Gasteiger partial charge in [-0.25, -0.2) is 0 Å². The van der Waals surface area contributed by atoms with Crippen molar-refractivity contribution < 1.29 is 5.11 Å². The first-order valence-corrected chi connectivity index (χ1v) is 5.21. The third-order valence-electron chi connectivity index (χ3n) is 2.62. The van der Waals surface area contributed by atoms with E-state index in [2.05, 4.69) is 23.2 Å². The van der Waals surface area contributed by atoms with Crippen LogP contribution in [0.4, 0.5) is 0 Å². The lowest BCUT2D eigenvalue weighted by atomic mass is 9.93. The predicted molar refractivity (Wildman–Crippen MR) is 60.8 cm³/mol. The summed E-state index contributed by atoms with van der Waals surface area (Å²) in [6.45, 7) is 0.207. The fraction of sp³-hybridized carbons (Fsp3) is 0.231. The van der Waals surface area contributed by atoms with Crippen LogP contribution in [0.25, 0.3) is 0 Å². The van der Waals surface area contributed by atoms with Crippen molar-refractivity contribution in [2.24, 2.45) is 0 Å². The molecule has 1 aromatic heterocycles. The van der Waals surface area contributed by atoms with Gasteiger partial charge in [0.15, 0.2) is 0 Å². The first kappa shape index (κ1) is 9.99. The molecule has 0 saturated carbocycles. The SMILES string of the molecule is OCCC(c1ccccc1)c1ccc[nH]1. The van der Waals surface area contributed by atoms with Gasteiger partial charge in [0.05, 0.1) is 0 Å². The number of H-pyrrole nitrogens is 1. The minimum atomic E-state index is 0.207. The Balaban J connectivity index is 2.28. The molecule has 0 aliphatic carbocycles. The molecule has 0 aliphatic heterocycles. The van der Waals surface area contributed by atoms with Gasteiger partial charge in [-0.1, -0.05) is 30.3 Å². The van der Waals surface area contributed by atoms with Crippen molar-refractivity contribution in [2.75, 3.05) is 6.61 Å². The van der Waals surface area contributed by atoms with E-state index < -0.39 is 0 Å². The van der Waals surface area contributed by atoms with Gasteiger partial charge in [-0.3, -0.25) is 0 Å². The van der Waals surface area contributed by atoms with Crippen molar-refractivity contribution in [2.45, 2.75) is 12.3 Å². The minimum Gasteiger partial charge on any atom is -0.396 e. The smallest absolute Gasteiger partial charge is 0.0440 e. The molecule has 15 heavy (non-hydrogen) atoms. The van der Waals surface area contributed by atoms with Crippen LogP contribution in [0.15, 0.2) is 48.7 Å². The second kappa shape index (κ2) is 4.80. The first-order valence-electron chi connectivity index (χ1n) is 5.21. The van der Waals surface area contributed by atoms with Crippen LogP contribution in [0.2, 0.25) is 0 Å². The summed E-state index contributed by atoms with van der Waals surface area (Å²) in [5.41, 5.74) is 2.41. The van der Waals surface area contributed by atoms with Crippen LogP contribution < -0.4 is 0 Å². The highest BCUT2D eigenvalue weighted by atomic mass is 16.3. The Bertz CT molecular complexity index is 380. The molecule has 2 nitrogen and oxygen atoms in total. The lowest BCUT2D eigenvalue weighted by Crippen LogP contribution is -2.03. The molecule has 2 heteroatoms. The molecule has 1 atom stereocenters. The quantitative estimate of drug-likeness (QED) is 0.783. The van der Waals surface area contributed by atoms with E-state index in [1.165, 1.54) is 5.56 Å². The molecule has 78 valence electrons. The Kier molecular flexibility index (Phi) is 3.20. The van der Waals surface area contributed by atoms with Gasteiger partial charge in [0.2, 0.25) is 0 Å². The minimum absolute atomic E-state index is 0.207. The fourth-order valence-corrected chi connectivity index (χ4v) is 1.88. The Hall–Kier alpha value is -1.54. The highest BCUT2D eigenvalue weighted by Gasteiger charge is 2.13. The standard InChI is InChI=1S/C13H15NO/c15-10-8-12(13-7-4-9-14-13)11-5-2-1-3-6-11/h1-7,9,12,14-15H,8,10H2. The normalized spacial score (nSPS) is 12.6. The number of aliphatic hydroxyl groups is 1. The van der Waals surface area contributed by atoms with Crippen molar-refractivity contribution in [3.8, 4) is 0 Å². The Morgan fingerprint density at radius 1 is 1.07 bits per heavy atom. The summed E-state index contributed by atoms with van der Waals surface area (Å²) in [6.07, 6.45) is 2.67. The zero-order chi connectivity index (χ0) is 10.5. The molecule has 2 rings (SSSR count). The summed E-state index contributed by atoms with van der Waals surface area (Å²) in [5, 5.41) is 9.08. The van der Waals surface area contributed by atoms with E-state index in [0.717, 1.165) is 12.1 Å². The van der Waals surface area contributed by atoms with E-state index in [9.17, 15) is 0 Å². The van der Waals surface area contributed by atoms with Gasteiger partial charge >= 0.3 is 0 Å². The molecule has 0 aliphatic rings. The van der Waals surface area contributed by atoms with Crippen molar-refractivity contribution in [1.82, 2.24) is 4.98 Å². The lowest BCUT2D eigenvalue weighted by Gasteiger charge is -2.14. The Labute approximate surface area is 89.6 Å². The van der Waals surface area contributed by atoms with Crippen LogP contribution in [-0.4, -0.2) is 16.7 Å². The fourth-order valence-electron chi connectivity index (χ4n) is 1.88. The second-order valence-corrected chi connectivity index (χ2v) is 3.60. The number of nitrogens with one attached hydrogen (secondary N) is 1. The van der Waals surface area contributed by atoms with Crippen LogP contribution in [0.3, 0.4) is 0 Å². The van der Waals surface area contributed by atoms with E-state index in [1.807, 2.05) is 30.5 Å². The maximum Gasteiger partial charge on any atom is 0.0440 e. The van der Waals surface area contributed by atoms with Crippen LogP contribution in [0, 0.1) is 0 Å². The summed E-state index contributed by atoms with van der Waals surface area (Å²) in [5.74, 6) is 0.270. The van der Waals surface area contributed by atoms with Crippen molar-refractivity contribution >= 4 is 0 Å². The summed E-state index contributed by atoms with van der Waals surface area (Å²) in [4.78, 5) is 3.21. The van der Waals surface area contributed by atoms with Gasteiger partial charge in [-0.15, -0.1) is 0 Å². The zero-order valence-electron chi connectivity index (χ0n) is 8.56. The molecule has 0 radical (unpaired) electrons. The lowest BCUT2D eigenvalue weighted by molar-refractivity contribution is 0.281. The molecule has 1 aromatic carbocycles. The third-order valence-corrected chi connectivity index (χ3v) is 2.62. The number of aromatic amines is 1. The van der Waals surface area contributed by atoms with E-state index >= 15 is 0 Å². The molecule has 2 aromatic rings. The zero-order valence-corrected chi connectivity index (χ0v) is 8.56. The Morgan fingerprint density at radius 3 is 2.47 bits per heavy atom. The summed E-state index contributed by atoms with van der Waals surface area (Å²) in [6, 6.07) is 14.3. The van der Waals surface area contributed by atoms with Crippen LogP contribution >= 0.6 is 0 Å². The van der Waals surface area contributed by atoms with E-state index in [1.54, 1.807) is 0 Å². The van der Waals surface area contributed by atoms with Crippen molar-refractivity contribution in [3.05, 3.63) is 59.9 Å². The maximum absolute atomic E-state index is 9.08. The van der Waals surface area contributed by atoms with Crippen LogP contribution in [-0.2, 0) is 0 Å². The first-order chi connectivity index (χ1) is 7.42. The molecule has 0 fully saturated rings. The average molecular weight is 201 g/mol. The van der Waals surface area contributed by atoms with Crippen LogP contribution in [0.5, 0.6) is 0 Å². The van der Waals surface area contributed by atoms with E-state index in [4.69, 9.17) is 5.11 Å². The topological polar surface area (TPSA) is 36.0 Å². The number of hydrogen-bond donors (Lipinski definition) is 2. The van der Waals surface area contributed by atoms with Gasteiger partial charge in [0.25, 0.3) is 0 Å². The van der Waals surface area contributed by atoms with Crippen molar-refractivity contribution in [3.63, 3.8) is 0 Å². The second-order valence-electron chi connectivity index (χ2n) is 3.60.